The summed E-state index contributed by atoms with van der Waals surface area (Å²) in [4.78, 5) is 14.8. The molecule has 0 heterocycles. The summed E-state index contributed by atoms with van der Waals surface area (Å²) >= 11 is 0. The highest BCUT2D eigenvalue weighted by atomic mass is 16.5. The third-order valence-electron chi connectivity index (χ3n) is 3.03. The van der Waals surface area contributed by atoms with Crippen molar-refractivity contribution in [2.75, 3.05) is 6.61 Å². The Morgan fingerprint density at radius 2 is 1.90 bits per heavy atom. The molecule has 0 saturated carbocycles. The predicted molar refractivity (Wildman–Crippen MR) is 78.5 cm³/mol. The van der Waals surface area contributed by atoms with Crippen molar-refractivity contribution in [3.63, 3.8) is 0 Å². The highest BCUT2D eigenvalue weighted by molar-refractivity contribution is 5.96. The quantitative estimate of drug-likeness (QED) is 0.227. The van der Waals surface area contributed by atoms with Crippen LogP contribution in [0.1, 0.15) is 51.0 Å². The van der Waals surface area contributed by atoms with Crippen molar-refractivity contribution in [2.45, 2.75) is 45.4 Å². The third kappa shape index (κ3) is 6.30. The van der Waals surface area contributed by atoms with Crippen LogP contribution in [-0.4, -0.2) is 23.1 Å². The minimum atomic E-state index is -0.175. The fourth-order valence-electron chi connectivity index (χ4n) is 1.89. The lowest BCUT2D eigenvalue weighted by Gasteiger charge is -2.03. The zero-order chi connectivity index (χ0) is 14.6. The number of hydrogen-bond acceptors (Lipinski definition) is 2. The number of carbonyl (C=O) groups excluding carboxylic acids is 1. The molecule has 20 heavy (non-hydrogen) atoms. The van der Waals surface area contributed by atoms with Gasteiger partial charge in [0, 0.05) is 6.42 Å². The van der Waals surface area contributed by atoms with E-state index in [1.54, 1.807) is 0 Å². The molecule has 0 N–H and O–H groups in total. The van der Waals surface area contributed by atoms with E-state index in [1.165, 1.54) is 0 Å². The highest BCUT2D eigenvalue weighted by Gasteiger charge is 2.12. The molecule has 4 nitrogen and oxygen atoms in total. The molecule has 0 saturated heterocycles. The van der Waals surface area contributed by atoms with Gasteiger partial charge >= 0.3 is 5.97 Å². The van der Waals surface area contributed by atoms with Crippen LogP contribution in [0.2, 0.25) is 0 Å². The second kappa shape index (κ2) is 9.93. The lowest BCUT2D eigenvalue weighted by atomic mass is 10.0. The molecule has 0 fully saturated rings. The van der Waals surface area contributed by atoms with Crippen LogP contribution >= 0.6 is 0 Å². The number of carbonyl (C=O) groups is 1. The molecular formula is C16H22N2O2. The van der Waals surface area contributed by atoms with Crippen LogP contribution in [0.5, 0.6) is 0 Å². The van der Waals surface area contributed by atoms with Crippen molar-refractivity contribution in [1.82, 2.24) is 0 Å². The second-order valence-electron chi connectivity index (χ2n) is 4.69. The first kappa shape index (κ1) is 16.1. The standard InChI is InChI=1S/C16H22N2O2/c1-2-3-7-13-20-16(19)12-8-11-15(18-17)14-9-5-4-6-10-14/h4-6,9-10H,2-3,7-8,11-13H2,1H3. The average Bonchev–Trinajstić information content (AvgIpc) is 2.49. The van der Waals surface area contributed by atoms with Gasteiger partial charge in [-0.15, -0.1) is 0 Å². The van der Waals surface area contributed by atoms with E-state index in [1.807, 2.05) is 30.3 Å². The van der Waals surface area contributed by atoms with Crippen molar-refractivity contribution < 1.29 is 14.3 Å². The van der Waals surface area contributed by atoms with Crippen LogP contribution in [0.25, 0.3) is 5.53 Å². The summed E-state index contributed by atoms with van der Waals surface area (Å²) in [6.07, 6.45) is 4.67. The highest BCUT2D eigenvalue weighted by Crippen LogP contribution is 2.07. The summed E-state index contributed by atoms with van der Waals surface area (Å²) in [7, 11) is 0. The van der Waals surface area contributed by atoms with Crippen molar-refractivity contribution in [3.8, 4) is 0 Å². The topological polar surface area (TPSA) is 62.7 Å². The minimum Gasteiger partial charge on any atom is -0.466 e. The molecule has 0 unspecified atom stereocenters. The zero-order valence-electron chi connectivity index (χ0n) is 12.0. The zero-order valence-corrected chi connectivity index (χ0v) is 12.0. The summed E-state index contributed by atoms with van der Waals surface area (Å²) in [5.74, 6) is -0.175. The van der Waals surface area contributed by atoms with Crippen LogP contribution in [0.15, 0.2) is 30.3 Å². The van der Waals surface area contributed by atoms with E-state index in [4.69, 9.17) is 10.3 Å². The van der Waals surface area contributed by atoms with E-state index in [2.05, 4.69) is 11.7 Å². The lowest BCUT2D eigenvalue weighted by Crippen LogP contribution is -2.08. The second-order valence-corrected chi connectivity index (χ2v) is 4.69. The van der Waals surface area contributed by atoms with Gasteiger partial charge in [0.15, 0.2) is 0 Å². The first-order valence-electron chi connectivity index (χ1n) is 7.20. The lowest BCUT2D eigenvalue weighted by molar-refractivity contribution is -0.143. The maximum absolute atomic E-state index is 11.5. The number of ether oxygens (including phenoxy) is 1. The normalized spacial score (nSPS) is 9.85. The monoisotopic (exact) mass is 274 g/mol. The van der Waals surface area contributed by atoms with Gasteiger partial charge in [-0.2, -0.15) is 4.79 Å². The molecular weight excluding hydrogens is 252 g/mol. The molecule has 0 bridgehead atoms. The van der Waals surface area contributed by atoms with E-state index < -0.39 is 0 Å². The molecule has 0 radical (unpaired) electrons. The van der Waals surface area contributed by atoms with E-state index in [-0.39, 0.29) is 5.97 Å². The van der Waals surface area contributed by atoms with Crippen LogP contribution in [0, 0.1) is 0 Å². The number of unbranched alkanes of at least 4 members (excludes halogenated alkanes) is 2. The van der Waals surface area contributed by atoms with Crippen LogP contribution < -0.4 is 0 Å². The SMILES string of the molecule is CCCCCOC(=O)CCCC(=[N+]=[N-])c1ccccc1. The van der Waals surface area contributed by atoms with Gasteiger partial charge in [0.05, 0.1) is 18.6 Å². The Kier molecular flexibility index (Phi) is 8.01. The maximum Gasteiger partial charge on any atom is 0.305 e. The van der Waals surface area contributed by atoms with Crippen molar-refractivity contribution in [2.24, 2.45) is 0 Å². The Balaban J connectivity index is 2.26. The molecule has 0 amide bonds. The van der Waals surface area contributed by atoms with E-state index >= 15 is 0 Å². The first-order chi connectivity index (χ1) is 9.77. The van der Waals surface area contributed by atoms with Gasteiger partial charge in [0.1, 0.15) is 0 Å². The van der Waals surface area contributed by atoms with Crippen molar-refractivity contribution in [3.05, 3.63) is 41.4 Å². The molecule has 1 aromatic carbocycles. The fraction of sp³-hybridized carbons (Fsp3) is 0.500. The van der Waals surface area contributed by atoms with Gasteiger partial charge in [-0.1, -0.05) is 38.0 Å². The Labute approximate surface area is 120 Å². The Morgan fingerprint density at radius 1 is 1.15 bits per heavy atom. The van der Waals surface area contributed by atoms with Gasteiger partial charge in [-0.05, 0) is 25.0 Å². The Hall–Kier alpha value is -1.93. The molecule has 0 aliphatic carbocycles. The van der Waals surface area contributed by atoms with Crippen molar-refractivity contribution >= 4 is 11.7 Å². The molecule has 4 heteroatoms. The van der Waals surface area contributed by atoms with Gasteiger partial charge in [0.2, 0.25) is 0 Å². The third-order valence-corrected chi connectivity index (χ3v) is 3.03. The largest absolute Gasteiger partial charge is 0.466 e. The van der Waals surface area contributed by atoms with Gasteiger partial charge in [0.25, 0.3) is 5.71 Å². The molecule has 1 rings (SSSR count). The molecule has 0 aliphatic rings. The summed E-state index contributed by atoms with van der Waals surface area (Å²) in [6, 6.07) is 9.47. The van der Waals surface area contributed by atoms with Crippen LogP contribution in [-0.2, 0) is 9.53 Å². The Bertz CT molecular complexity index is 451. The smallest absolute Gasteiger partial charge is 0.305 e. The molecule has 1 aromatic rings. The summed E-state index contributed by atoms with van der Waals surface area (Å²) in [6.45, 7) is 2.62. The minimum absolute atomic E-state index is 0.175. The first-order valence-corrected chi connectivity index (χ1v) is 7.20. The van der Waals surface area contributed by atoms with Gasteiger partial charge in [-0.3, -0.25) is 4.79 Å². The average molecular weight is 274 g/mol. The number of benzene rings is 1. The van der Waals surface area contributed by atoms with E-state index in [9.17, 15) is 4.79 Å². The summed E-state index contributed by atoms with van der Waals surface area (Å²) in [5.41, 5.74) is 10.5. The van der Waals surface area contributed by atoms with Gasteiger partial charge in [-0.25, -0.2) is 0 Å². The van der Waals surface area contributed by atoms with Crippen LogP contribution in [0.4, 0.5) is 0 Å². The molecule has 108 valence electrons. The summed E-state index contributed by atoms with van der Waals surface area (Å²) in [5, 5.41) is 0. The number of nitrogens with zero attached hydrogens (tertiary/aromatic N) is 2. The van der Waals surface area contributed by atoms with Gasteiger partial charge < -0.3 is 10.3 Å². The maximum atomic E-state index is 11.5. The number of esters is 1. The molecule has 0 aromatic heterocycles. The van der Waals surface area contributed by atoms with Crippen molar-refractivity contribution in [1.29, 1.82) is 0 Å². The molecule has 0 atom stereocenters. The van der Waals surface area contributed by atoms with E-state index in [0.717, 1.165) is 24.8 Å². The molecule has 0 spiro atoms. The number of rotatable bonds is 9. The number of hydrogen-bond donors (Lipinski definition) is 0. The summed E-state index contributed by atoms with van der Waals surface area (Å²) < 4.78 is 5.12. The fourth-order valence-corrected chi connectivity index (χ4v) is 1.89. The Morgan fingerprint density at radius 3 is 2.55 bits per heavy atom. The van der Waals surface area contributed by atoms with Crippen LogP contribution in [0.3, 0.4) is 0 Å². The van der Waals surface area contributed by atoms with E-state index in [0.29, 0.717) is 31.6 Å². The molecule has 0 aliphatic heterocycles. The predicted octanol–water partition coefficient (Wildman–Crippen LogP) is 3.61.